The van der Waals surface area contributed by atoms with Crippen LogP contribution in [0.5, 0.6) is 0 Å². The molecule has 0 radical (unpaired) electrons. The normalized spacial score (nSPS) is 24.6. The highest BCUT2D eigenvalue weighted by Crippen LogP contribution is 2.40. The van der Waals surface area contributed by atoms with Crippen LogP contribution in [0.3, 0.4) is 0 Å². The van der Waals surface area contributed by atoms with Gasteiger partial charge in [-0.05, 0) is 63.5 Å². The number of nitrogens with two attached hydrogens (primary N) is 1. The van der Waals surface area contributed by atoms with E-state index in [0.29, 0.717) is 63.1 Å². The lowest BCUT2D eigenvalue weighted by Crippen LogP contribution is -2.30. The van der Waals surface area contributed by atoms with Gasteiger partial charge >= 0.3 is 0 Å². The Labute approximate surface area is 223 Å². The molecule has 12 heteroatoms. The van der Waals surface area contributed by atoms with E-state index in [1.807, 2.05) is 4.57 Å². The highest BCUT2D eigenvalue weighted by molar-refractivity contribution is 6.41. The number of anilines is 3. The molecule has 2 aromatic heterocycles. The molecule has 1 amide bonds. The van der Waals surface area contributed by atoms with Gasteiger partial charge in [-0.2, -0.15) is 4.98 Å². The maximum Gasteiger partial charge on any atom is 0.224 e. The molecule has 0 saturated heterocycles. The molecular weight excluding hydrogens is 525 g/mol. The van der Waals surface area contributed by atoms with Gasteiger partial charge in [0.2, 0.25) is 17.8 Å². The van der Waals surface area contributed by atoms with Crippen LogP contribution < -0.4 is 16.4 Å². The number of carbonyl (C=O) groups excluding carboxylic acids is 1. The molecule has 5 N–H and O–H groups in total. The predicted octanol–water partition coefficient (Wildman–Crippen LogP) is 5.46. The summed E-state index contributed by atoms with van der Waals surface area (Å²) >= 11 is 19.0. The largest absolute Gasteiger partial charge is 0.393 e. The highest BCUT2D eigenvalue weighted by atomic mass is 35.5. The van der Waals surface area contributed by atoms with Crippen LogP contribution in [-0.4, -0.2) is 42.7 Å². The van der Waals surface area contributed by atoms with Gasteiger partial charge in [-0.15, -0.1) is 0 Å². The highest BCUT2D eigenvalue weighted by Gasteiger charge is 2.30. The Kier molecular flexibility index (Phi) is 7.44. The predicted molar refractivity (Wildman–Crippen MR) is 142 cm³/mol. The number of nitrogens with zero attached hydrogens (tertiary/aromatic N) is 4. The molecule has 2 fully saturated rings. The van der Waals surface area contributed by atoms with Crippen molar-refractivity contribution in [1.82, 2.24) is 19.5 Å². The van der Waals surface area contributed by atoms with Crippen molar-refractivity contribution >= 4 is 69.5 Å². The van der Waals surface area contributed by atoms with Crippen molar-refractivity contribution in [1.29, 1.82) is 0 Å². The summed E-state index contributed by atoms with van der Waals surface area (Å²) < 4.78 is 2.04. The molecular formula is C24H28Cl3N7O2. The van der Waals surface area contributed by atoms with Crippen LogP contribution >= 0.6 is 34.8 Å². The summed E-state index contributed by atoms with van der Waals surface area (Å²) in [5.41, 5.74) is 7.33. The minimum atomic E-state index is -0.310. The summed E-state index contributed by atoms with van der Waals surface area (Å²) in [6.45, 7) is 0. The van der Waals surface area contributed by atoms with Crippen molar-refractivity contribution < 1.29 is 9.90 Å². The molecule has 9 nitrogen and oxygen atoms in total. The molecule has 2 atom stereocenters. The van der Waals surface area contributed by atoms with E-state index < -0.39 is 0 Å². The second-order valence-corrected chi connectivity index (χ2v) is 10.9. The molecule has 36 heavy (non-hydrogen) atoms. The average Bonchev–Trinajstić information content (AvgIpc) is 3.18. The van der Waals surface area contributed by atoms with Crippen LogP contribution in [0.15, 0.2) is 18.3 Å². The Balaban J connectivity index is 1.51. The first-order valence-electron chi connectivity index (χ1n) is 12.2. The van der Waals surface area contributed by atoms with Crippen molar-refractivity contribution in [2.24, 2.45) is 11.7 Å². The van der Waals surface area contributed by atoms with Gasteiger partial charge in [-0.1, -0.05) is 34.8 Å². The summed E-state index contributed by atoms with van der Waals surface area (Å²) in [7, 11) is 0. The number of nitrogens with one attached hydrogen (secondary N) is 2. The van der Waals surface area contributed by atoms with E-state index in [1.54, 1.807) is 18.3 Å². The van der Waals surface area contributed by atoms with Crippen LogP contribution in [0.1, 0.15) is 57.4 Å². The molecule has 2 saturated carbocycles. The Morgan fingerprint density at radius 3 is 2.44 bits per heavy atom. The quantitative estimate of drug-likeness (QED) is 0.319. The number of aliphatic hydroxyl groups excluding tert-OH is 1. The van der Waals surface area contributed by atoms with Gasteiger partial charge in [0, 0.05) is 23.0 Å². The van der Waals surface area contributed by atoms with E-state index in [1.165, 1.54) is 0 Å². The topological polar surface area (TPSA) is 131 Å². The average molecular weight is 553 g/mol. The van der Waals surface area contributed by atoms with Gasteiger partial charge in [-0.25, -0.2) is 9.97 Å². The number of hydrogen-bond donors (Lipinski definition) is 4. The van der Waals surface area contributed by atoms with Gasteiger partial charge in [0.1, 0.15) is 5.52 Å². The van der Waals surface area contributed by atoms with Crippen molar-refractivity contribution in [3.8, 4) is 0 Å². The second-order valence-electron chi connectivity index (χ2n) is 9.65. The maximum atomic E-state index is 11.7. The molecule has 2 aliphatic carbocycles. The van der Waals surface area contributed by atoms with E-state index in [4.69, 9.17) is 50.5 Å². The zero-order valence-corrected chi connectivity index (χ0v) is 21.8. The zero-order valence-electron chi connectivity index (χ0n) is 19.6. The van der Waals surface area contributed by atoms with Crippen molar-refractivity contribution in [3.05, 3.63) is 33.4 Å². The molecule has 2 heterocycles. The monoisotopic (exact) mass is 551 g/mol. The molecule has 3 aromatic rings. The van der Waals surface area contributed by atoms with Crippen LogP contribution in [0.2, 0.25) is 15.1 Å². The van der Waals surface area contributed by atoms with Gasteiger partial charge in [-0.3, -0.25) is 9.36 Å². The smallest absolute Gasteiger partial charge is 0.224 e. The molecule has 0 aliphatic heterocycles. The van der Waals surface area contributed by atoms with Gasteiger partial charge in [0.05, 0.1) is 28.0 Å². The lowest BCUT2D eigenvalue weighted by atomic mass is 9.85. The molecule has 0 spiro atoms. The molecule has 0 unspecified atom stereocenters. The van der Waals surface area contributed by atoms with Gasteiger partial charge in [0.15, 0.2) is 5.65 Å². The number of primary amides is 1. The molecule has 192 valence electrons. The fourth-order valence-electron chi connectivity index (χ4n) is 5.26. The van der Waals surface area contributed by atoms with E-state index in [9.17, 15) is 9.90 Å². The summed E-state index contributed by atoms with van der Waals surface area (Å²) in [5, 5.41) is 17.9. The number of hydrogen-bond acceptors (Lipinski definition) is 7. The number of amides is 1. The van der Waals surface area contributed by atoms with Crippen molar-refractivity contribution in [2.45, 2.75) is 69.6 Å². The van der Waals surface area contributed by atoms with Crippen LogP contribution in [0, 0.1) is 5.92 Å². The number of fused-ring (bicyclic) bond motifs is 1. The molecule has 1 aromatic carbocycles. The van der Waals surface area contributed by atoms with E-state index >= 15 is 0 Å². The van der Waals surface area contributed by atoms with Crippen LogP contribution in [0.4, 0.5) is 17.6 Å². The molecule has 2 aliphatic rings. The molecule has 0 bridgehead atoms. The first-order chi connectivity index (χ1) is 17.3. The minimum Gasteiger partial charge on any atom is -0.393 e. The summed E-state index contributed by atoms with van der Waals surface area (Å²) in [5.74, 6) is 0.628. The van der Waals surface area contributed by atoms with E-state index in [-0.39, 0.29) is 30.0 Å². The standard InChI is InChI=1S/C24H28Cl3N7O2/c25-13-8-17(26)20(18(27)9-13)32-24-31-19-11-29-23(30-14-2-1-3-16(35)10-14)33-22(19)34(24)15-6-4-12(5-7-15)21(28)36/h8-9,11-12,14-16,35H,1-7,10H2,(H2,28,36)(H,31,32)(H,29,30,33)/t12-,14-,15+,16+/m1/s1. The van der Waals surface area contributed by atoms with Crippen LogP contribution in [-0.2, 0) is 4.79 Å². The minimum absolute atomic E-state index is 0.0391. The Morgan fingerprint density at radius 1 is 1.06 bits per heavy atom. The SMILES string of the molecule is NC(=O)[C@H]1CC[C@@H](n2c(Nc3c(Cl)cc(Cl)cc3Cl)nc3cnc(N[C@@H]4CCC[C@H](O)C4)nc32)CC1. The Hall–Kier alpha value is -2.33. The first-order valence-corrected chi connectivity index (χ1v) is 13.3. The lowest BCUT2D eigenvalue weighted by Gasteiger charge is -2.29. The third-order valence-electron chi connectivity index (χ3n) is 7.12. The number of benzene rings is 1. The summed E-state index contributed by atoms with van der Waals surface area (Å²) in [6.07, 6.45) is 7.65. The third kappa shape index (κ3) is 5.34. The number of carbonyl (C=O) groups is 1. The zero-order chi connectivity index (χ0) is 25.4. The number of imidazole rings is 1. The van der Waals surface area contributed by atoms with Crippen molar-refractivity contribution in [2.75, 3.05) is 10.6 Å². The van der Waals surface area contributed by atoms with Gasteiger partial charge in [0.25, 0.3) is 0 Å². The Morgan fingerprint density at radius 2 is 1.78 bits per heavy atom. The number of halogens is 3. The summed E-state index contributed by atoms with van der Waals surface area (Å²) in [4.78, 5) is 25.8. The molecule has 5 rings (SSSR count). The Bertz CT molecular complexity index is 1250. The number of aromatic nitrogens is 4. The van der Waals surface area contributed by atoms with E-state index in [0.717, 1.165) is 32.1 Å². The van der Waals surface area contributed by atoms with Crippen molar-refractivity contribution in [3.63, 3.8) is 0 Å². The number of aliphatic hydroxyl groups is 1. The van der Waals surface area contributed by atoms with E-state index in [2.05, 4.69) is 15.6 Å². The maximum absolute atomic E-state index is 11.7. The lowest BCUT2D eigenvalue weighted by molar-refractivity contribution is -0.122. The fourth-order valence-corrected chi connectivity index (χ4v) is 6.18. The summed E-state index contributed by atoms with van der Waals surface area (Å²) in [6, 6.07) is 3.38. The number of rotatable bonds is 6. The van der Waals surface area contributed by atoms with Crippen LogP contribution in [0.25, 0.3) is 11.2 Å². The van der Waals surface area contributed by atoms with Gasteiger partial charge < -0.3 is 21.5 Å². The first kappa shape index (κ1) is 25.3. The third-order valence-corrected chi connectivity index (χ3v) is 7.93. The fraction of sp³-hybridized carbons (Fsp3) is 0.500. The second kappa shape index (κ2) is 10.6.